The Balaban J connectivity index is 4.61. The van der Waals surface area contributed by atoms with Gasteiger partial charge in [-0.2, -0.15) is 8.78 Å². The minimum Gasteiger partial charge on any atom is -0.314 e. The van der Waals surface area contributed by atoms with Crippen molar-refractivity contribution < 1.29 is 8.78 Å². The molecule has 4 heteroatoms. The minimum atomic E-state index is -2.92. The molecule has 76 valence electrons. The van der Waals surface area contributed by atoms with Crippen molar-refractivity contribution in [2.24, 2.45) is 4.99 Å². The quantitative estimate of drug-likeness (QED) is 0.519. The van der Waals surface area contributed by atoms with Crippen LogP contribution in [0.1, 0.15) is 13.8 Å². The highest BCUT2D eigenvalue weighted by Crippen LogP contribution is 2.17. The third kappa shape index (κ3) is 4.12. The maximum Gasteiger partial charge on any atom is 0.305 e. The molecule has 0 aliphatic carbocycles. The first-order valence-electron chi connectivity index (χ1n) is 4.28. The summed E-state index contributed by atoms with van der Waals surface area (Å²) < 4.78 is 26.4. The van der Waals surface area contributed by atoms with Crippen LogP contribution in [0.4, 0.5) is 8.78 Å². The van der Waals surface area contributed by atoms with Gasteiger partial charge in [0.05, 0.1) is 5.71 Å². The summed E-state index contributed by atoms with van der Waals surface area (Å²) in [6, 6.07) is 0. The summed E-state index contributed by atoms with van der Waals surface area (Å²) in [5, 5.41) is 2.67. The Kier molecular flexibility index (Phi) is 5.46. The monoisotopic (exact) mass is 190 g/mol. The van der Waals surface area contributed by atoms with E-state index in [4.69, 9.17) is 0 Å². The summed E-state index contributed by atoms with van der Waals surface area (Å²) in [5.41, 5.74) is -0.115. The predicted molar refractivity (Wildman–Crippen MR) is 51.7 cm³/mol. The predicted octanol–water partition coefficient (Wildman–Crippen LogP) is 1.88. The molecule has 0 heterocycles. The van der Waals surface area contributed by atoms with Gasteiger partial charge in [0.1, 0.15) is 0 Å². The number of alkyl halides is 2. The van der Waals surface area contributed by atoms with E-state index in [0.717, 1.165) is 6.08 Å². The van der Waals surface area contributed by atoms with Crippen molar-refractivity contribution in [1.82, 2.24) is 5.32 Å². The van der Waals surface area contributed by atoms with E-state index in [2.05, 4.69) is 10.3 Å². The average molecular weight is 190 g/mol. The molecule has 0 aromatic rings. The van der Waals surface area contributed by atoms with Crippen LogP contribution in [0.15, 0.2) is 17.1 Å². The van der Waals surface area contributed by atoms with Gasteiger partial charge in [-0.1, -0.05) is 6.08 Å². The summed E-state index contributed by atoms with van der Waals surface area (Å²) in [6.45, 7) is 3.80. The molecular formula is C9H16F2N2. The van der Waals surface area contributed by atoms with E-state index in [1.165, 1.54) is 6.08 Å². The lowest BCUT2D eigenvalue weighted by molar-refractivity contribution is 0.132. The second kappa shape index (κ2) is 5.80. The Labute approximate surface area is 77.7 Å². The molecule has 0 spiro atoms. The fraction of sp³-hybridized carbons (Fsp3) is 0.667. The summed E-state index contributed by atoms with van der Waals surface area (Å²) in [5.74, 6) is -2.92. The van der Waals surface area contributed by atoms with Crippen LogP contribution >= 0.6 is 0 Å². The molecule has 1 N–H and O–H groups in total. The fourth-order valence-electron chi connectivity index (χ4n) is 0.943. The smallest absolute Gasteiger partial charge is 0.305 e. The van der Waals surface area contributed by atoms with Gasteiger partial charge >= 0.3 is 5.92 Å². The molecule has 0 rings (SSSR count). The first kappa shape index (κ1) is 12.2. The van der Waals surface area contributed by atoms with E-state index in [-0.39, 0.29) is 12.3 Å². The molecular weight excluding hydrogens is 174 g/mol. The van der Waals surface area contributed by atoms with E-state index in [0.29, 0.717) is 6.54 Å². The summed E-state index contributed by atoms with van der Waals surface area (Å²) >= 11 is 0. The lowest BCUT2D eigenvalue weighted by Gasteiger charge is -2.14. The van der Waals surface area contributed by atoms with Crippen molar-refractivity contribution in [3.63, 3.8) is 0 Å². The molecule has 0 unspecified atom stereocenters. The van der Waals surface area contributed by atoms with E-state index in [1.54, 1.807) is 20.9 Å². The second-order valence-electron chi connectivity index (χ2n) is 2.57. The Bertz CT molecular complexity index is 198. The molecule has 0 amide bonds. The normalized spacial score (nSPS) is 14.1. The first-order chi connectivity index (χ1) is 6.08. The standard InChI is InChI=1S/C9H16F2N2/c1-4-6-9(10,11)8(7-12-3)13-5-2/h4,6,12H,5,7H2,1-3H3/b6-4+,13-8+. The van der Waals surface area contributed by atoms with Gasteiger partial charge in [-0.3, -0.25) is 4.99 Å². The Morgan fingerprint density at radius 1 is 1.54 bits per heavy atom. The molecule has 0 aliphatic heterocycles. The van der Waals surface area contributed by atoms with Crippen LogP contribution in [0, 0.1) is 0 Å². The van der Waals surface area contributed by atoms with Gasteiger partial charge in [0.25, 0.3) is 0 Å². The third-order valence-corrected chi connectivity index (χ3v) is 1.45. The van der Waals surface area contributed by atoms with Crippen molar-refractivity contribution in [2.45, 2.75) is 19.8 Å². The Hall–Kier alpha value is -0.770. The van der Waals surface area contributed by atoms with Gasteiger partial charge < -0.3 is 5.32 Å². The number of hydrogen-bond donors (Lipinski definition) is 1. The van der Waals surface area contributed by atoms with Crippen LogP contribution in [-0.4, -0.2) is 31.8 Å². The number of aliphatic imine (C=N–C) groups is 1. The lowest BCUT2D eigenvalue weighted by Crippen LogP contribution is -2.34. The highest BCUT2D eigenvalue weighted by molar-refractivity contribution is 5.94. The highest BCUT2D eigenvalue weighted by Gasteiger charge is 2.31. The van der Waals surface area contributed by atoms with Crippen molar-refractivity contribution in [3.8, 4) is 0 Å². The van der Waals surface area contributed by atoms with E-state index >= 15 is 0 Å². The molecule has 0 radical (unpaired) electrons. The van der Waals surface area contributed by atoms with Crippen LogP contribution in [0.2, 0.25) is 0 Å². The number of nitrogens with zero attached hydrogens (tertiary/aromatic N) is 1. The lowest BCUT2D eigenvalue weighted by atomic mass is 10.2. The number of allylic oxidation sites excluding steroid dienone is 2. The SMILES string of the molecule is C/C=C/C(F)(F)/C(CNC)=N/CC. The molecule has 0 bridgehead atoms. The average Bonchev–Trinajstić information content (AvgIpc) is 2.04. The maximum absolute atomic E-state index is 13.2. The van der Waals surface area contributed by atoms with E-state index in [1.807, 2.05) is 0 Å². The molecule has 0 saturated heterocycles. The zero-order chi connectivity index (χ0) is 10.3. The van der Waals surface area contributed by atoms with Crippen LogP contribution in [0.5, 0.6) is 0 Å². The summed E-state index contributed by atoms with van der Waals surface area (Å²) in [6.07, 6.45) is 2.19. The molecule has 13 heavy (non-hydrogen) atoms. The van der Waals surface area contributed by atoms with Gasteiger partial charge in [0.2, 0.25) is 0 Å². The maximum atomic E-state index is 13.2. The second-order valence-corrected chi connectivity index (χ2v) is 2.57. The highest BCUT2D eigenvalue weighted by atomic mass is 19.3. The fourth-order valence-corrected chi connectivity index (χ4v) is 0.943. The van der Waals surface area contributed by atoms with Gasteiger partial charge in [0.15, 0.2) is 0 Å². The Morgan fingerprint density at radius 2 is 2.15 bits per heavy atom. The Morgan fingerprint density at radius 3 is 2.54 bits per heavy atom. The van der Waals surface area contributed by atoms with Crippen LogP contribution in [-0.2, 0) is 0 Å². The minimum absolute atomic E-state index is 0.115. The van der Waals surface area contributed by atoms with Crippen molar-refractivity contribution in [3.05, 3.63) is 12.2 Å². The molecule has 0 aromatic carbocycles. The third-order valence-electron chi connectivity index (χ3n) is 1.45. The zero-order valence-corrected chi connectivity index (χ0v) is 8.27. The van der Waals surface area contributed by atoms with Crippen LogP contribution < -0.4 is 5.32 Å². The molecule has 0 saturated carbocycles. The zero-order valence-electron chi connectivity index (χ0n) is 8.27. The number of halogens is 2. The van der Waals surface area contributed by atoms with E-state index in [9.17, 15) is 8.78 Å². The van der Waals surface area contributed by atoms with Gasteiger partial charge in [0, 0.05) is 13.1 Å². The van der Waals surface area contributed by atoms with Crippen molar-refractivity contribution in [2.75, 3.05) is 20.1 Å². The number of nitrogens with one attached hydrogen (secondary N) is 1. The van der Waals surface area contributed by atoms with Crippen molar-refractivity contribution >= 4 is 5.71 Å². The van der Waals surface area contributed by atoms with Gasteiger partial charge in [-0.25, -0.2) is 0 Å². The van der Waals surface area contributed by atoms with Gasteiger partial charge in [-0.05, 0) is 27.0 Å². The topological polar surface area (TPSA) is 24.4 Å². The largest absolute Gasteiger partial charge is 0.314 e. The van der Waals surface area contributed by atoms with Crippen LogP contribution in [0.25, 0.3) is 0 Å². The summed E-state index contributed by atoms with van der Waals surface area (Å²) in [7, 11) is 1.62. The first-order valence-corrected chi connectivity index (χ1v) is 4.28. The number of hydrogen-bond acceptors (Lipinski definition) is 2. The molecule has 0 aromatic heterocycles. The molecule has 0 atom stereocenters. The molecule has 0 fully saturated rings. The van der Waals surface area contributed by atoms with Gasteiger partial charge in [-0.15, -0.1) is 0 Å². The molecule has 2 nitrogen and oxygen atoms in total. The van der Waals surface area contributed by atoms with E-state index < -0.39 is 5.92 Å². The van der Waals surface area contributed by atoms with Crippen molar-refractivity contribution in [1.29, 1.82) is 0 Å². The number of rotatable bonds is 5. The summed E-state index contributed by atoms with van der Waals surface area (Å²) in [4.78, 5) is 3.76. The van der Waals surface area contributed by atoms with Crippen LogP contribution in [0.3, 0.4) is 0 Å². The molecule has 0 aliphatic rings.